The molecule has 0 aliphatic carbocycles. The van der Waals surface area contributed by atoms with Crippen LogP contribution in [0, 0.1) is 0 Å². The summed E-state index contributed by atoms with van der Waals surface area (Å²) >= 11 is 0. The van der Waals surface area contributed by atoms with E-state index in [-0.39, 0.29) is 5.43 Å². The molecule has 1 aromatic heterocycles. The van der Waals surface area contributed by atoms with Gasteiger partial charge in [-0.25, -0.2) is 0 Å². The molecule has 1 heterocycles. The second-order valence-corrected chi connectivity index (χ2v) is 5.94. The molecule has 0 unspecified atom stereocenters. The molecule has 5 rings (SSSR count). The first kappa shape index (κ1) is 12.4. The third-order valence-corrected chi connectivity index (χ3v) is 4.53. The van der Waals surface area contributed by atoms with Crippen LogP contribution in [0.25, 0.3) is 43.4 Å². The average molecular weight is 295 g/mol. The molecule has 1 N–H and O–H groups in total. The Morgan fingerprint density at radius 2 is 0.957 bits per heavy atom. The fraction of sp³-hybridized carbons (Fsp3) is 0. The van der Waals surface area contributed by atoms with Gasteiger partial charge in [-0.05, 0) is 45.8 Å². The molecule has 0 bridgehead atoms. The van der Waals surface area contributed by atoms with Gasteiger partial charge in [0.05, 0.1) is 11.0 Å². The van der Waals surface area contributed by atoms with Gasteiger partial charge in [-0.15, -0.1) is 0 Å². The van der Waals surface area contributed by atoms with Crippen LogP contribution in [0.3, 0.4) is 0 Å². The third-order valence-electron chi connectivity index (χ3n) is 4.53. The van der Waals surface area contributed by atoms with E-state index in [1.165, 1.54) is 0 Å². The molecule has 0 radical (unpaired) electrons. The summed E-state index contributed by atoms with van der Waals surface area (Å²) in [4.78, 5) is 16.4. The topological polar surface area (TPSA) is 32.9 Å². The molecule has 23 heavy (non-hydrogen) atoms. The van der Waals surface area contributed by atoms with Gasteiger partial charge in [0.1, 0.15) is 0 Å². The molecule has 0 aliphatic rings. The smallest absolute Gasteiger partial charge is 0.197 e. The van der Waals surface area contributed by atoms with Gasteiger partial charge in [-0.2, -0.15) is 0 Å². The number of H-pyrrole nitrogens is 1. The highest BCUT2D eigenvalue weighted by Gasteiger charge is 2.08. The Labute approximate surface area is 132 Å². The van der Waals surface area contributed by atoms with Crippen molar-refractivity contribution in [3.05, 3.63) is 83.0 Å². The van der Waals surface area contributed by atoms with Gasteiger partial charge in [0.2, 0.25) is 0 Å². The summed E-state index contributed by atoms with van der Waals surface area (Å²) in [6, 6.07) is 24.3. The van der Waals surface area contributed by atoms with Gasteiger partial charge in [0, 0.05) is 10.8 Å². The van der Waals surface area contributed by atoms with Crippen LogP contribution in [0.2, 0.25) is 0 Å². The Kier molecular flexibility index (Phi) is 2.39. The lowest BCUT2D eigenvalue weighted by atomic mass is 10.0. The normalized spacial score (nSPS) is 11.7. The SMILES string of the molecule is O=c1c2cc3ccccc3cc2[nH]c2cc3ccccc3cc12. The van der Waals surface area contributed by atoms with Gasteiger partial charge < -0.3 is 4.98 Å². The largest absolute Gasteiger partial charge is 0.354 e. The molecule has 0 aliphatic heterocycles. The minimum atomic E-state index is 0.0882. The monoisotopic (exact) mass is 295 g/mol. The summed E-state index contributed by atoms with van der Waals surface area (Å²) < 4.78 is 0. The number of hydrogen-bond acceptors (Lipinski definition) is 1. The lowest BCUT2D eigenvalue weighted by molar-refractivity contribution is 1.50. The van der Waals surface area contributed by atoms with Gasteiger partial charge in [0.25, 0.3) is 0 Å². The highest BCUT2D eigenvalue weighted by atomic mass is 16.1. The molecular weight excluding hydrogens is 282 g/mol. The summed E-state index contributed by atoms with van der Waals surface area (Å²) in [5.74, 6) is 0. The summed E-state index contributed by atoms with van der Waals surface area (Å²) in [6.45, 7) is 0. The average Bonchev–Trinajstić information content (AvgIpc) is 2.59. The van der Waals surface area contributed by atoms with E-state index in [2.05, 4.69) is 29.2 Å². The predicted octanol–water partition coefficient (Wildman–Crippen LogP) is 4.99. The zero-order valence-electron chi connectivity index (χ0n) is 12.3. The van der Waals surface area contributed by atoms with Gasteiger partial charge >= 0.3 is 0 Å². The molecule has 2 heteroatoms. The van der Waals surface area contributed by atoms with Crippen molar-refractivity contribution in [1.82, 2.24) is 4.98 Å². The number of pyridine rings is 1. The Hall–Kier alpha value is -3.13. The zero-order valence-corrected chi connectivity index (χ0v) is 12.3. The number of aromatic nitrogens is 1. The van der Waals surface area contributed by atoms with E-state index < -0.39 is 0 Å². The number of fused-ring (bicyclic) bond motifs is 4. The number of aromatic amines is 1. The molecule has 0 saturated heterocycles. The Morgan fingerprint density at radius 1 is 0.565 bits per heavy atom. The molecule has 0 saturated carbocycles. The van der Waals surface area contributed by atoms with E-state index >= 15 is 0 Å². The van der Waals surface area contributed by atoms with E-state index in [1.807, 2.05) is 48.5 Å². The minimum Gasteiger partial charge on any atom is -0.354 e. The summed E-state index contributed by atoms with van der Waals surface area (Å²) in [5.41, 5.74) is 1.86. The van der Waals surface area contributed by atoms with Crippen molar-refractivity contribution in [3.8, 4) is 0 Å². The van der Waals surface area contributed by atoms with Gasteiger partial charge in [-0.1, -0.05) is 48.5 Å². The molecule has 0 fully saturated rings. The number of rotatable bonds is 0. The maximum absolute atomic E-state index is 13.0. The quantitative estimate of drug-likeness (QED) is 0.401. The van der Waals surface area contributed by atoms with Crippen LogP contribution >= 0.6 is 0 Å². The van der Waals surface area contributed by atoms with E-state index in [9.17, 15) is 4.79 Å². The van der Waals surface area contributed by atoms with Crippen LogP contribution in [0.5, 0.6) is 0 Å². The van der Waals surface area contributed by atoms with Crippen LogP contribution in [-0.2, 0) is 0 Å². The minimum absolute atomic E-state index is 0.0882. The lowest BCUT2D eigenvalue weighted by Gasteiger charge is -2.06. The van der Waals surface area contributed by atoms with E-state index in [4.69, 9.17) is 0 Å². The maximum atomic E-state index is 13.0. The van der Waals surface area contributed by atoms with Crippen molar-refractivity contribution in [2.45, 2.75) is 0 Å². The van der Waals surface area contributed by atoms with Crippen molar-refractivity contribution in [2.75, 3.05) is 0 Å². The molecule has 5 aromatic rings. The molecular formula is C21H13NO. The standard InChI is InChI=1S/C21H13NO/c23-21-17-9-13-5-1-3-7-15(13)11-19(17)22-20-12-16-8-4-2-6-14(16)10-18(20)21/h1-12H,(H,22,23). The predicted molar refractivity (Wildman–Crippen MR) is 97.1 cm³/mol. The summed E-state index contributed by atoms with van der Waals surface area (Å²) in [5, 5.41) is 5.93. The zero-order chi connectivity index (χ0) is 15.4. The Morgan fingerprint density at radius 3 is 1.39 bits per heavy atom. The van der Waals surface area contributed by atoms with Crippen molar-refractivity contribution >= 4 is 43.4 Å². The van der Waals surface area contributed by atoms with E-state index in [0.717, 1.165) is 43.4 Å². The lowest BCUT2D eigenvalue weighted by Crippen LogP contribution is -2.04. The first-order valence-corrected chi connectivity index (χ1v) is 7.67. The molecule has 0 amide bonds. The van der Waals surface area contributed by atoms with E-state index in [0.29, 0.717) is 0 Å². The molecule has 4 aromatic carbocycles. The maximum Gasteiger partial charge on any atom is 0.197 e. The fourth-order valence-electron chi connectivity index (χ4n) is 3.35. The summed E-state index contributed by atoms with van der Waals surface area (Å²) in [6.07, 6.45) is 0. The van der Waals surface area contributed by atoms with Crippen LogP contribution in [0.4, 0.5) is 0 Å². The molecule has 0 spiro atoms. The van der Waals surface area contributed by atoms with Crippen molar-refractivity contribution in [1.29, 1.82) is 0 Å². The second kappa shape index (κ2) is 4.43. The van der Waals surface area contributed by atoms with Crippen LogP contribution in [-0.4, -0.2) is 4.98 Å². The van der Waals surface area contributed by atoms with Gasteiger partial charge in [0.15, 0.2) is 5.43 Å². The Balaban J connectivity index is 2.01. The van der Waals surface area contributed by atoms with Crippen molar-refractivity contribution in [2.24, 2.45) is 0 Å². The molecule has 108 valence electrons. The van der Waals surface area contributed by atoms with Crippen LogP contribution in [0.1, 0.15) is 0 Å². The number of hydrogen-bond donors (Lipinski definition) is 1. The first-order chi connectivity index (χ1) is 11.3. The first-order valence-electron chi connectivity index (χ1n) is 7.67. The van der Waals surface area contributed by atoms with Crippen LogP contribution < -0.4 is 5.43 Å². The Bertz CT molecular complexity index is 1180. The second-order valence-electron chi connectivity index (χ2n) is 5.94. The highest BCUT2D eigenvalue weighted by Crippen LogP contribution is 2.24. The van der Waals surface area contributed by atoms with E-state index in [1.54, 1.807) is 0 Å². The third kappa shape index (κ3) is 1.78. The van der Waals surface area contributed by atoms with Crippen LogP contribution in [0.15, 0.2) is 77.6 Å². The fourth-order valence-corrected chi connectivity index (χ4v) is 3.35. The summed E-state index contributed by atoms with van der Waals surface area (Å²) in [7, 11) is 0. The molecule has 2 nitrogen and oxygen atoms in total. The van der Waals surface area contributed by atoms with Crippen molar-refractivity contribution in [3.63, 3.8) is 0 Å². The molecule has 0 atom stereocenters. The van der Waals surface area contributed by atoms with Gasteiger partial charge in [-0.3, -0.25) is 4.79 Å². The van der Waals surface area contributed by atoms with Crippen molar-refractivity contribution < 1.29 is 0 Å². The highest BCUT2D eigenvalue weighted by molar-refractivity contribution is 6.04. The number of benzene rings is 4. The number of nitrogens with one attached hydrogen (secondary N) is 1.